The van der Waals surface area contributed by atoms with Crippen LogP contribution in [0, 0.1) is 0 Å². The Bertz CT molecular complexity index is 820. The van der Waals surface area contributed by atoms with Crippen LogP contribution in [0.15, 0.2) is 48.5 Å². The number of carboxylic acid groups (broad SMARTS) is 1. The number of ether oxygens (including phenoxy) is 2. The van der Waals surface area contributed by atoms with Gasteiger partial charge in [-0.15, -0.1) is 0 Å². The molecule has 2 aliphatic rings. The number of rotatable bonds is 3. The minimum atomic E-state index is -1.06. The molecule has 140 valence electrons. The summed E-state index contributed by atoms with van der Waals surface area (Å²) < 4.78 is 10.9. The van der Waals surface area contributed by atoms with Crippen LogP contribution in [0.1, 0.15) is 23.5 Å². The lowest BCUT2D eigenvalue weighted by molar-refractivity contribution is -0.150. The summed E-state index contributed by atoms with van der Waals surface area (Å²) in [4.78, 5) is 25.2. The molecular formula is C21H21NO5. The van der Waals surface area contributed by atoms with E-state index < -0.39 is 18.2 Å². The quantitative estimate of drug-likeness (QED) is 0.902. The van der Waals surface area contributed by atoms with Gasteiger partial charge in [0.15, 0.2) is 6.10 Å². The normalized spacial score (nSPS) is 19.1. The number of carbonyl (C=O) groups excluding carboxylic acids is 1. The Labute approximate surface area is 157 Å². The maximum Gasteiger partial charge on any atom is 0.409 e. The van der Waals surface area contributed by atoms with E-state index in [1.54, 1.807) is 0 Å². The monoisotopic (exact) mass is 367 g/mol. The first kappa shape index (κ1) is 17.5. The van der Waals surface area contributed by atoms with E-state index in [1.165, 1.54) is 16.0 Å². The fourth-order valence-corrected chi connectivity index (χ4v) is 3.83. The molecule has 1 N–H and O–H groups in total. The van der Waals surface area contributed by atoms with Crippen LogP contribution in [0.5, 0.6) is 0 Å². The van der Waals surface area contributed by atoms with E-state index in [4.69, 9.17) is 9.47 Å². The van der Waals surface area contributed by atoms with Gasteiger partial charge in [-0.1, -0.05) is 48.5 Å². The minimum Gasteiger partial charge on any atom is -0.479 e. The number of hydrogen-bond acceptors (Lipinski definition) is 4. The van der Waals surface area contributed by atoms with Crippen molar-refractivity contribution < 1.29 is 24.2 Å². The molecule has 0 unspecified atom stereocenters. The highest BCUT2D eigenvalue weighted by Crippen LogP contribution is 2.44. The fourth-order valence-electron chi connectivity index (χ4n) is 3.83. The molecule has 0 spiro atoms. The van der Waals surface area contributed by atoms with Gasteiger partial charge in [-0.25, -0.2) is 9.59 Å². The first-order valence-corrected chi connectivity index (χ1v) is 9.09. The largest absolute Gasteiger partial charge is 0.479 e. The molecule has 27 heavy (non-hydrogen) atoms. The first-order valence-electron chi connectivity index (χ1n) is 9.09. The summed E-state index contributed by atoms with van der Waals surface area (Å²) in [6, 6.07) is 16.3. The number of carbonyl (C=O) groups is 2. The van der Waals surface area contributed by atoms with Gasteiger partial charge in [0.25, 0.3) is 0 Å². The van der Waals surface area contributed by atoms with Gasteiger partial charge < -0.3 is 19.5 Å². The zero-order chi connectivity index (χ0) is 18.8. The molecule has 0 aromatic heterocycles. The van der Waals surface area contributed by atoms with Crippen LogP contribution in [0.25, 0.3) is 11.1 Å². The molecule has 1 saturated heterocycles. The summed E-state index contributed by atoms with van der Waals surface area (Å²) in [6.07, 6.45) is -0.907. The highest BCUT2D eigenvalue weighted by Gasteiger charge is 2.31. The Kier molecular flexibility index (Phi) is 4.81. The molecule has 0 saturated carbocycles. The van der Waals surface area contributed by atoms with E-state index in [-0.39, 0.29) is 19.1 Å². The molecule has 6 nitrogen and oxygen atoms in total. The minimum absolute atomic E-state index is 0.00596. The summed E-state index contributed by atoms with van der Waals surface area (Å²) in [5.74, 6) is -1.08. The zero-order valence-corrected chi connectivity index (χ0v) is 14.8. The number of carboxylic acids is 1. The Hall–Kier alpha value is -2.86. The zero-order valence-electron chi connectivity index (χ0n) is 14.8. The second kappa shape index (κ2) is 7.40. The van der Waals surface area contributed by atoms with Gasteiger partial charge in [0, 0.05) is 19.1 Å². The lowest BCUT2D eigenvalue weighted by Gasteiger charge is -2.23. The molecule has 2 aromatic carbocycles. The van der Waals surface area contributed by atoms with E-state index in [1.807, 2.05) is 24.3 Å². The van der Waals surface area contributed by atoms with Crippen molar-refractivity contribution in [3.05, 3.63) is 59.7 Å². The Morgan fingerprint density at radius 1 is 1.07 bits per heavy atom. The molecule has 1 atom stereocenters. The Balaban J connectivity index is 1.48. The second-order valence-corrected chi connectivity index (χ2v) is 6.80. The summed E-state index contributed by atoms with van der Waals surface area (Å²) in [5, 5.41) is 9.18. The molecule has 1 aliphatic heterocycles. The topological polar surface area (TPSA) is 76.1 Å². The number of nitrogens with zero attached hydrogens (tertiary/aromatic N) is 1. The van der Waals surface area contributed by atoms with Crippen LogP contribution >= 0.6 is 0 Å². The predicted molar refractivity (Wildman–Crippen MR) is 98.6 cm³/mol. The van der Waals surface area contributed by atoms with Crippen molar-refractivity contribution >= 4 is 12.1 Å². The molecule has 1 aliphatic carbocycles. The van der Waals surface area contributed by atoms with Crippen LogP contribution in [0.2, 0.25) is 0 Å². The number of benzene rings is 2. The van der Waals surface area contributed by atoms with Crippen LogP contribution < -0.4 is 0 Å². The molecule has 1 heterocycles. The lowest BCUT2D eigenvalue weighted by atomic mass is 9.98. The van der Waals surface area contributed by atoms with Crippen molar-refractivity contribution in [1.29, 1.82) is 0 Å². The molecule has 2 aromatic rings. The van der Waals surface area contributed by atoms with Crippen LogP contribution in [-0.2, 0) is 14.3 Å². The predicted octanol–water partition coefficient (Wildman–Crippen LogP) is 3.11. The number of fused-ring (bicyclic) bond motifs is 3. The summed E-state index contributed by atoms with van der Waals surface area (Å²) in [7, 11) is 0. The first-order chi connectivity index (χ1) is 13.1. The van der Waals surface area contributed by atoms with Crippen LogP contribution in [-0.4, -0.2) is 54.5 Å². The molecule has 4 rings (SSSR count). The Morgan fingerprint density at radius 3 is 2.33 bits per heavy atom. The molecule has 0 bridgehead atoms. The summed E-state index contributed by atoms with van der Waals surface area (Å²) in [6.45, 7) is 0.985. The van der Waals surface area contributed by atoms with Gasteiger partial charge in [0.2, 0.25) is 0 Å². The van der Waals surface area contributed by atoms with E-state index in [2.05, 4.69) is 24.3 Å². The average Bonchev–Trinajstić information content (AvgIpc) is 2.83. The van der Waals surface area contributed by atoms with Crippen molar-refractivity contribution in [2.45, 2.75) is 18.4 Å². The molecule has 1 fully saturated rings. The maximum atomic E-state index is 12.6. The summed E-state index contributed by atoms with van der Waals surface area (Å²) >= 11 is 0. The lowest BCUT2D eigenvalue weighted by Crippen LogP contribution is -2.40. The molecular weight excluding hydrogens is 346 g/mol. The maximum absolute atomic E-state index is 12.6. The SMILES string of the molecule is O=C(O)[C@@H]1CN(C(=O)OCC2c3ccccc3-c3ccccc32)CCCO1. The molecule has 6 heteroatoms. The third-order valence-corrected chi connectivity index (χ3v) is 5.15. The molecule has 1 amide bonds. The van der Waals surface area contributed by atoms with Crippen molar-refractivity contribution in [3.63, 3.8) is 0 Å². The van der Waals surface area contributed by atoms with Gasteiger partial charge >= 0.3 is 12.1 Å². The molecule has 0 radical (unpaired) electrons. The number of aliphatic carboxylic acids is 1. The number of amides is 1. The fraction of sp³-hybridized carbons (Fsp3) is 0.333. The third kappa shape index (κ3) is 3.40. The van der Waals surface area contributed by atoms with E-state index in [9.17, 15) is 14.7 Å². The van der Waals surface area contributed by atoms with E-state index in [0.717, 1.165) is 11.1 Å². The van der Waals surface area contributed by atoms with Crippen molar-refractivity contribution in [2.75, 3.05) is 26.3 Å². The Morgan fingerprint density at radius 2 is 1.70 bits per heavy atom. The van der Waals surface area contributed by atoms with Gasteiger partial charge in [-0.2, -0.15) is 0 Å². The smallest absolute Gasteiger partial charge is 0.409 e. The standard InChI is InChI=1S/C21H21NO5/c23-20(24)19-12-22(10-5-11-26-19)21(25)27-13-18-16-8-3-1-6-14(16)15-7-2-4-9-17(15)18/h1-4,6-9,18-19H,5,10-13H2,(H,23,24)/t19-/m0/s1. The van der Waals surface area contributed by atoms with Gasteiger partial charge in [0.05, 0.1) is 6.54 Å². The number of hydrogen-bond donors (Lipinski definition) is 1. The van der Waals surface area contributed by atoms with Gasteiger partial charge in [-0.3, -0.25) is 0 Å². The summed E-state index contributed by atoms with van der Waals surface area (Å²) in [5.41, 5.74) is 4.63. The van der Waals surface area contributed by atoms with Crippen molar-refractivity contribution in [2.24, 2.45) is 0 Å². The van der Waals surface area contributed by atoms with E-state index >= 15 is 0 Å². The average molecular weight is 367 g/mol. The highest BCUT2D eigenvalue weighted by atomic mass is 16.6. The third-order valence-electron chi connectivity index (χ3n) is 5.15. The van der Waals surface area contributed by atoms with E-state index in [0.29, 0.717) is 19.6 Å². The second-order valence-electron chi connectivity index (χ2n) is 6.80. The van der Waals surface area contributed by atoms with Crippen molar-refractivity contribution in [1.82, 2.24) is 4.90 Å². The van der Waals surface area contributed by atoms with Crippen LogP contribution in [0.4, 0.5) is 4.79 Å². The van der Waals surface area contributed by atoms with Crippen molar-refractivity contribution in [3.8, 4) is 11.1 Å². The van der Waals surface area contributed by atoms with Gasteiger partial charge in [0.1, 0.15) is 6.61 Å². The highest BCUT2D eigenvalue weighted by molar-refractivity contribution is 5.79. The van der Waals surface area contributed by atoms with Crippen LogP contribution in [0.3, 0.4) is 0 Å². The van der Waals surface area contributed by atoms with Gasteiger partial charge in [-0.05, 0) is 28.7 Å².